The second-order valence-corrected chi connectivity index (χ2v) is 7.22. The van der Waals surface area contributed by atoms with Crippen LogP contribution in [-0.4, -0.2) is 48.6 Å². The summed E-state index contributed by atoms with van der Waals surface area (Å²) in [7, 11) is 2.08. The van der Waals surface area contributed by atoms with Crippen molar-refractivity contribution in [3.63, 3.8) is 0 Å². The molecule has 29 heavy (non-hydrogen) atoms. The van der Waals surface area contributed by atoms with Crippen molar-refractivity contribution < 1.29 is 18.0 Å². The number of rotatable bonds is 4. The highest BCUT2D eigenvalue weighted by molar-refractivity contribution is 5.91. The Bertz CT molecular complexity index is 947. The lowest BCUT2D eigenvalue weighted by Crippen LogP contribution is -2.44. The summed E-state index contributed by atoms with van der Waals surface area (Å²) in [5.74, 6) is -0.571. The molecular formula is C20H23F3N4O2. The van der Waals surface area contributed by atoms with Gasteiger partial charge in [0.1, 0.15) is 6.54 Å². The summed E-state index contributed by atoms with van der Waals surface area (Å²) in [5.41, 5.74) is 0.964. The molecule has 1 saturated heterocycles. The van der Waals surface area contributed by atoms with E-state index in [0.717, 1.165) is 48.1 Å². The minimum atomic E-state index is -4.58. The molecule has 1 aromatic heterocycles. The maximum absolute atomic E-state index is 12.8. The van der Waals surface area contributed by atoms with Crippen molar-refractivity contribution in [3.05, 3.63) is 58.0 Å². The van der Waals surface area contributed by atoms with Crippen LogP contribution in [0.25, 0.3) is 0 Å². The van der Waals surface area contributed by atoms with Crippen LogP contribution < -0.4 is 15.8 Å². The number of likely N-dealkylation sites (N-methyl/N-ethyl adjacent to an activating group) is 1. The van der Waals surface area contributed by atoms with Gasteiger partial charge in [-0.1, -0.05) is 0 Å². The number of amides is 1. The fourth-order valence-electron chi connectivity index (χ4n) is 3.31. The van der Waals surface area contributed by atoms with E-state index in [4.69, 9.17) is 0 Å². The topological polar surface area (TPSA) is 57.6 Å². The second-order valence-electron chi connectivity index (χ2n) is 7.22. The molecule has 2 heterocycles. The van der Waals surface area contributed by atoms with E-state index >= 15 is 0 Å². The summed E-state index contributed by atoms with van der Waals surface area (Å²) < 4.78 is 39.2. The van der Waals surface area contributed by atoms with Crippen LogP contribution in [0.1, 0.15) is 11.1 Å². The van der Waals surface area contributed by atoms with E-state index in [2.05, 4.69) is 22.2 Å². The normalized spacial score (nSPS) is 15.4. The number of nitrogens with one attached hydrogen (secondary N) is 1. The third kappa shape index (κ3) is 5.17. The maximum atomic E-state index is 12.8. The van der Waals surface area contributed by atoms with Gasteiger partial charge in [0.25, 0.3) is 5.56 Å². The molecule has 1 N–H and O–H groups in total. The fraction of sp³-hybridized carbons (Fsp3) is 0.400. The van der Waals surface area contributed by atoms with Crippen LogP contribution in [0.2, 0.25) is 0 Å². The molecule has 6 nitrogen and oxygen atoms in total. The molecule has 0 unspecified atom stereocenters. The molecule has 156 valence electrons. The van der Waals surface area contributed by atoms with Crippen molar-refractivity contribution in [3.8, 4) is 0 Å². The highest BCUT2D eigenvalue weighted by Gasteiger charge is 2.31. The molecule has 1 aromatic carbocycles. The minimum absolute atomic E-state index is 0.498. The fourth-order valence-corrected chi connectivity index (χ4v) is 3.31. The van der Waals surface area contributed by atoms with Crippen LogP contribution in [0.3, 0.4) is 0 Å². The van der Waals surface area contributed by atoms with Crippen molar-refractivity contribution in [2.24, 2.45) is 0 Å². The van der Waals surface area contributed by atoms with Gasteiger partial charge in [-0.3, -0.25) is 9.59 Å². The number of pyridine rings is 1. The van der Waals surface area contributed by atoms with Crippen molar-refractivity contribution in [2.45, 2.75) is 19.6 Å². The molecule has 0 atom stereocenters. The highest BCUT2D eigenvalue weighted by atomic mass is 19.4. The number of piperazine rings is 1. The summed E-state index contributed by atoms with van der Waals surface area (Å²) in [6.45, 7) is 5.24. The Morgan fingerprint density at radius 1 is 1.10 bits per heavy atom. The summed E-state index contributed by atoms with van der Waals surface area (Å²) in [4.78, 5) is 28.6. The molecule has 0 spiro atoms. The Balaban J connectivity index is 1.68. The largest absolute Gasteiger partial charge is 0.417 e. The lowest BCUT2D eigenvalue weighted by atomic mass is 10.1. The second kappa shape index (κ2) is 8.28. The summed E-state index contributed by atoms with van der Waals surface area (Å²) >= 11 is 0. The number of hydrogen-bond donors (Lipinski definition) is 1. The Kier molecular flexibility index (Phi) is 5.97. The number of alkyl halides is 3. The lowest BCUT2D eigenvalue weighted by Gasteiger charge is -2.35. The first-order chi connectivity index (χ1) is 13.6. The molecule has 0 radical (unpaired) electrons. The van der Waals surface area contributed by atoms with Crippen LogP contribution in [0.5, 0.6) is 0 Å². The van der Waals surface area contributed by atoms with E-state index in [1.807, 2.05) is 19.1 Å². The van der Waals surface area contributed by atoms with Gasteiger partial charge in [-0.25, -0.2) is 0 Å². The monoisotopic (exact) mass is 408 g/mol. The van der Waals surface area contributed by atoms with E-state index in [9.17, 15) is 22.8 Å². The van der Waals surface area contributed by atoms with E-state index in [1.165, 1.54) is 0 Å². The molecule has 1 amide bonds. The molecule has 3 rings (SSSR count). The van der Waals surface area contributed by atoms with Crippen molar-refractivity contribution in [2.75, 3.05) is 43.4 Å². The first-order valence-corrected chi connectivity index (χ1v) is 9.25. The van der Waals surface area contributed by atoms with Crippen LogP contribution >= 0.6 is 0 Å². The Morgan fingerprint density at radius 2 is 1.79 bits per heavy atom. The molecule has 1 aliphatic rings. The van der Waals surface area contributed by atoms with Gasteiger partial charge in [-0.05, 0) is 43.8 Å². The van der Waals surface area contributed by atoms with E-state index in [0.29, 0.717) is 18.0 Å². The number of carbonyl (C=O) groups is 1. The van der Waals surface area contributed by atoms with Crippen molar-refractivity contribution in [1.82, 2.24) is 9.47 Å². The lowest BCUT2D eigenvalue weighted by molar-refractivity contribution is -0.138. The van der Waals surface area contributed by atoms with Crippen LogP contribution in [0.15, 0.2) is 41.3 Å². The van der Waals surface area contributed by atoms with Gasteiger partial charge in [0.2, 0.25) is 5.91 Å². The van der Waals surface area contributed by atoms with Crippen molar-refractivity contribution in [1.29, 1.82) is 0 Å². The first-order valence-electron chi connectivity index (χ1n) is 9.25. The first kappa shape index (κ1) is 20.9. The van der Waals surface area contributed by atoms with Crippen LogP contribution in [0.4, 0.5) is 24.5 Å². The number of halogens is 3. The van der Waals surface area contributed by atoms with Gasteiger partial charge in [-0.2, -0.15) is 13.2 Å². The smallest absolute Gasteiger partial charge is 0.369 e. The molecule has 0 aliphatic carbocycles. The molecule has 2 aromatic rings. The quantitative estimate of drug-likeness (QED) is 0.845. The van der Waals surface area contributed by atoms with E-state index in [-0.39, 0.29) is 0 Å². The van der Waals surface area contributed by atoms with Gasteiger partial charge in [0.05, 0.1) is 5.56 Å². The van der Waals surface area contributed by atoms with Gasteiger partial charge in [0.15, 0.2) is 0 Å². The van der Waals surface area contributed by atoms with Gasteiger partial charge < -0.3 is 19.7 Å². The predicted octanol–water partition coefficient (Wildman–Crippen LogP) is 2.57. The molecule has 9 heteroatoms. The zero-order valence-corrected chi connectivity index (χ0v) is 16.3. The van der Waals surface area contributed by atoms with E-state index in [1.54, 1.807) is 6.07 Å². The number of benzene rings is 1. The molecule has 1 fully saturated rings. The third-order valence-electron chi connectivity index (χ3n) is 4.95. The molecular weight excluding hydrogens is 385 g/mol. The standard InChI is InChI=1S/C20H23F3N4O2/c1-14-11-16(4-5-17(14)26-9-7-25(2)8-10-26)24-18(28)13-27-12-15(20(21,22)23)3-6-19(27)29/h3-6,11-12H,7-10,13H2,1-2H3,(H,24,28). The number of aromatic nitrogens is 1. The van der Waals surface area contributed by atoms with Gasteiger partial charge in [0, 0.05) is 49.8 Å². The van der Waals surface area contributed by atoms with Gasteiger partial charge in [-0.15, -0.1) is 0 Å². The number of hydrogen-bond acceptors (Lipinski definition) is 4. The number of nitrogens with zero attached hydrogens (tertiary/aromatic N) is 3. The molecule has 0 bridgehead atoms. The Morgan fingerprint density at radius 3 is 2.41 bits per heavy atom. The Hall–Kier alpha value is -2.81. The average molecular weight is 408 g/mol. The third-order valence-corrected chi connectivity index (χ3v) is 4.95. The zero-order valence-electron chi connectivity index (χ0n) is 16.3. The maximum Gasteiger partial charge on any atom is 0.417 e. The number of carbonyl (C=O) groups excluding carboxylic acids is 1. The Labute approximate surface area is 166 Å². The summed E-state index contributed by atoms with van der Waals surface area (Å²) in [5, 5.41) is 2.65. The SMILES string of the molecule is Cc1cc(NC(=O)Cn2cc(C(F)(F)F)ccc2=O)ccc1N1CCN(C)CC1. The molecule has 1 aliphatic heterocycles. The van der Waals surface area contributed by atoms with E-state index < -0.39 is 29.8 Å². The van der Waals surface area contributed by atoms with Gasteiger partial charge >= 0.3 is 6.18 Å². The highest BCUT2D eigenvalue weighted by Crippen LogP contribution is 2.28. The number of anilines is 2. The predicted molar refractivity (Wildman–Crippen MR) is 105 cm³/mol. The van der Waals surface area contributed by atoms with Crippen molar-refractivity contribution >= 4 is 17.3 Å². The summed E-state index contributed by atoms with van der Waals surface area (Å²) in [6, 6.07) is 7.02. The average Bonchev–Trinajstić information content (AvgIpc) is 2.64. The van der Waals surface area contributed by atoms with Crippen LogP contribution in [0, 0.1) is 6.92 Å². The molecule has 0 saturated carbocycles. The minimum Gasteiger partial charge on any atom is -0.369 e. The number of aryl methyl sites for hydroxylation is 1. The summed E-state index contributed by atoms with van der Waals surface area (Å²) in [6.07, 6.45) is -3.92. The van der Waals surface area contributed by atoms with Crippen LogP contribution in [-0.2, 0) is 17.5 Å². The zero-order chi connectivity index (χ0) is 21.2.